The van der Waals surface area contributed by atoms with Crippen molar-refractivity contribution in [3.63, 3.8) is 0 Å². The normalized spacial score (nSPS) is 14.7. The van der Waals surface area contributed by atoms with Crippen molar-refractivity contribution in [3.8, 4) is 11.5 Å². The highest BCUT2D eigenvalue weighted by atomic mass is 16.6. The van der Waals surface area contributed by atoms with Gasteiger partial charge >= 0.3 is 11.9 Å². The number of benzene rings is 3. The Morgan fingerprint density at radius 1 is 0.780 bits per heavy atom. The predicted octanol–water partition coefficient (Wildman–Crippen LogP) is 5.62. The number of ether oxygens (including phenoxy) is 2. The first-order valence-electron chi connectivity index (χ1n) is 17.1. The molecule has 0 saturated carbocycles. The maximum atomic E-state index is 13.7. The number of carbonyl (C=O) groups excluding carboxylic acids is 5. The molecule has 50 heavy (non-hydrogen) atoms. The van der Waals surface area contributed by atoms with Gasteiger partial charge in [-0.3, -0.25) is 28.9 Å². The molecule has 0 bridgehead atoms. The average molecular weight is 684 g/mol. The Labute approximate surface area is 295 Å². The van der Waals surface area contributed by atoms with Crippen molar-refractivity contribution in [2.24, 2.45) is 10.8 Å². The van der Waals surface area contributed by atoms with Crippen LogP contribution >= 0.6 is 0 Å². The van der Waals surface area contributed by atoms with Crippen LogP contribution in [0.5, 0.6) is 11.5 Å². The van der Waals surface area contributed by atoms with Gasteiger partial charge in [0.25, 0.3) is 0 Å². The number of nitrogens with zero attached hydrogens (tertiary/aromatic N) is 2. The zero-order valence-corrected chi connectivity index (χ0v) is 30.0. The molecule has 1 N–H and O–H groups in total. The number of hydrogen-bond donors (Lipinski definition) is 1. The first-order chi connectivity index (χ1) is 23.6. The third-order valence-electron chi connectivity index (χ3n) is 8.31. The Kier molecular flexibility index (Phi) is 12.7. The maximum absolute atomic E-state index is 13.7. The van der Waals surface area contributed by atoms with Crippen molar-refractivity contribution in [1.82, 2.24) is 15.1 Å². The number of likely N-dealkylation sites (tertiary alicyclic amines) is 1. The van der Waals surface area contributed by atoms with Crippen molar-refractivity contribution in [3.05, 3.63) is 95.6 Å². The molecule has 1 fully saturated rings. The van der Waals surface area contributed by atoms with Crippen molar-refractivity contribution in [1.29, 1.82) is 0 Å². The molecule has 1 aliphatic rings. The zero-order valence-electron chi connectivity index (χ0n) is 30.0. The Bertz CT molecular complexity index is 1660. The van der Waals surface area contributed by atoms with Gasteiger partial charge in [-0.05, 0) is 83.7 Å². The van der Waals surface area contributed by atoms with Crippen LogP contribution in [-0.4, -0.2) is 71.6 Å². The number of carbonyl (C=O) groups is 5. The SMILES string of the molecule is CC(C)(C)C(=O)Oc1ccc(C(=O)CN(CCNC(=O)[C@@H]2CCCN2C(=O)Cc2ccccc2)Cc2ccccc2)cc1OC(=O)C(C)(C)C. The van der Waals surface area contributed by atoms with E-state index in [1.54, 1.807) is 52.5 Å². The fraction of sp³-hybridized carbons (Fsp3) is 0.425. The molecule has 0 aromatic heterocycles. The minimum absolute atomic E-state index is 0.00363. The van der Waals surface area contributed by atoms with E-state index in [1.165, 1.54) is 12.1 Å². The van der Waals surface area contributed by atoms with E-state index < -0.39 is 28.8 Å². The van der Waals surface area contributed by atoms with Gasteiger partial charge in [0.2, 0.25) is 11.8 Å². The molecule has 0 radical (unpaired) electrons. The van der Waals surface area contributed by atoms with E-state index in [4.69, 9.17) is 9.47 Å². The monoisotopic (exact) mass is 683 g/mol. The molecule has 1 heterocycles. The van der Waals surface area contributed by atoms with E-state index in [0.717, 1.165) is 17.5 Å². The van der Waals surface area contributed by atoms with Crippen LogP contribution in [0.25, 0.3) is 0 Å². The lowest BCUT2D eigenvalue weighted by Gasteiger charge is -2.26. The molecular weight excluding hydrogens is 634 g/mol. The fourth-order valence-corrected chi connectivity index (χ4v) is 5.37. The standard InChI is InChI=1S/C40H49N3O7/c1-39(2,3)37(47)49-33-20-19-30(25-34(33)50-38(48)40(4,5)6)32(44)27-42(26-29-16-11-8-12-17-29)23-21-41-36(46)31-18-13-22-43(31)35(45)24-28-14-9-7-10-15-28/h7-12,14-17,19-20,25,31H,13,18,21-24,26-27H2,1-6H3,(H,41,46)/t31-/m0/s1. The number of nitrogens with one attached hydrogen (secondary N) is 1. The van der Waals surface area contributed by atoms with Crippen molar-refractivity contribution < 1.29 is 33.4 Å². The highest BCUT2D eigenvalue weighted by Crippen LogP contribution is 2.33. The largest absolute Gasteiger partial charge is 0.422 e. The van der Waals surface area contributed by atoms with E-state index in [2.05, 4.69) is 5.32 Å². The van der Waals surface area contributed by atoms with E-state index in [1.807, 2.05) is 65.6 Å². The zero-order chi connectivity index (χ0) is 36.5. The van der Waals surface area contributed by atoms with Crippen molar-refractivity contribution in [2.45, 2.75) is 73.4 Å². The van der Waals surface area contributed by atoms with Gasteiger partial charge < -0.3 is 19.7 Å². The van der Waals surface area contributed by atoms with Gasteiger partial charge in [-0.2, -0.15) is 0 Å². The van der Waals surface area contributed by atoms with Gasteiger partial charge in [0, 0.05) is 31.7 Å². The summed E-state index contributed by atoms with van der Waals surface area (Å²) in [5, 5.41) is 2.99. The summed E-state index contributed by atoms with van der Waals surface area (Å²) in [6.07, 6.45) is 1.60. The first-order valence-corrected chi connectivity index (χ1v) is 17.1. The Morgan fingerprint density at radius 3 is 1.96 bits per heavy atom. The molecule has 10 nitrogen and oxygen atoms in total. The van der Waals surface area contributed by atoms with Crippen molar-refractivity contribution >= 4 is 29.5 Å². The number of rotatable bonds is 13. The molecule has 0 unspecified atom stereocenters. The second-order valence-corrected chi connectivity index (χ2v) is 14.8. The van der Waals surface area contributed by atoms with Crippen LogP contribution in [0.1, 0.15) is 75.9 Å². The lowest BCUT2D eigenvalue weighted by Crippen LogP contribution is -2.48. The number of ketones is 1. The van der Waals surface area contributed by atoms with Crippen LogP contribution in [0, 0.1) is 10.8 Å². The number of Topliss-reactive ketones (excluding diaryl/α,β-unsaturated/α-hetero) is 1. The van der Waals surface area contributed by atoms with Crippen molar-refractivity contribution in [2.75, 3.05) is 26.2 Å². The summed E-state index contributed by atoms with van der Waals surface area (Å²) >= 11 is 0. The van der Waals surface area contributed by atoms with Crippen LogP contribution in [0.4, 0.5) is 0 Å². The van der Waals surface area contributed by atoms with Crippen LogP contribution in [-0.2, 0) is 32.1 Å². The molecule has 2 amide bonds. The summed E-state index contributed by atoms with van der Waals surface area (Å²) in [6, 6.07) is 23.1. The maximum Gasteiger partial charge on any atom is 0.316 e. The van der Waals surface area contributed by atoms with Gasteiger partial charge in [-0.1, -0.05) is 60.7 Å². The Morgan fingerprint density at radius 2 is 1.36 bits per heavy atom. The Balaban J connectivity index is 1.46. The van der Waals surface area contributed by atoms with Crippen LogP contribution < -0.4 is 14.8 Å². The summed E-state index contributed by atoms with van der Waals surface area (Å²) in [4.78, 5) is 69.2. The number of esters is 2. The third kappa shape index (κ3) is 10.8. The molecule has 1 atom stereocenters. The summed E-state index contributed by atoms with van der Waals surface area (Å²) in [7, 11) is 0. The molecule has 3 aromatic rings. The van der Waals surface area contributed by atoms with E-state index in [9.17, 15) is 24.0 Å². The van der Waals surface area contributed by atoms with Crippen LogP contribution in [0.2, 0.25) is 0 Å². The van der Waals surface area contributed by atoms with Gasteiger partial charge in [-0.15, -0.1) is 0 Å². The molecule has 10 heteroatoms. The minimum Gasteiger partial charge on any atom is -0.422 e. The summed E-state index contributed by atoms with van der Waals surface area (Å²) in [5.41, 5.74) is 0.528. The van der Waals surface area contributed by atoms with Gasteiger partial charge in [-0.25, -0.2) is 0 Å². The first kappa shape index (κ1) is 38.0. The summed E-state index contributed by atoms with van der Waals surface area (Å²) in [6.45, 7) is 11.9. The van der Waals surface area contributed by atoms with E-state index >= 15 is 0 Å². The lowest BCUT2D eigenvalue weighted by molar-refractivity contribution is -0.145. The molecule has 3 aromatic carbocycles. The van der Waals surface area contributed by atoms with Gasteiger partial charge in [0.05, 0.1) is 23.8 Å². The van der Waals surface area contributed by atoms with Gasteiger partial charge in [0.1, 0.15) is 6.04 Å². The predicted molar refractivity (Wildman–Crippen MR) is 191 cm³/mol. The molecule has 1 saturated heterocycles. The smallest absolute Gasteiger partial charge is 0.316 e. The van der Waals surface area contributed by atoms with Crippen LogP contribution in [0.3, 0.4) is 0 Å². The lowest BCUT2D eigenvalue weighted by atomic mass is 9.97. The summed E-state index contributed by atoms with van der Waals surface area (Å²) in [5.74, 6) is -1.55. The second kappa shape index (κ2) is 16.7. The molecule has 266 valence electrons. The Hall–Kier alpha value is -4.83. The second-order valence-electron chi connectivity index (χ2n) is 14.8. The molecule has 4 rings (SSSR count). The average Bonchev–Trinajstić information content (AvgIpc) is 3.56. The topological polar surface area (TPSA) is 122 Å². The highest BCUT2D eigenvalue weighted by Gasteiger charge is 2.34. The van der Waals surface area contributed by atoms with Gasteiger partial charge in [0.15, 0.2) is 17.3 Å². The van der Waals surface area contributed by atoms with E-state index in [-0.39, 0.29) is 54.2 Å². The highest BCUT2D eigenvalue weighted by molar-refractivity contribution is 5.98. The molecule has 0 spiro atoms. The number of hydrogen-bond acceptors (Lipinski definition) is 8. The molecule has 1 aliphatic heterocycles. The number of amides is 2. The fourth-order valence-electron chi connectivity index (χ4n) is 5.37. The molecule has 0 aliphatic carbocycles. The third-order valence-corrected chi connectivity index (χ3v) is 8.31. The van der Waals surface area contributed by atoms with Crippen LogP contribution in [0.15, 0.2) is 78.9 Å². The summed E-state index contributed by atoms with van der Waals surface area (Å²) < 4.78 is 11.2. The quantitative estimate of drug-likeness (QED) is 0.140. The van der Waals surface area contributed by atoms with E-state index in [0.29, 0.717) is 26.1 Å². The molecular formula is C40H49N3O7. The minimum atomic E-state index is -0.840.